The Morgan fingerprint density at radius 1 is 1.17 bits per heavy atom. The first-order valence-corrected chi connectivity index (χ1v) is 9.23. The third-order valence-electron chi connectivity index (χ3n) is 3.30. The van der Waals surface area contributed by atoms with Gasteiger partial charge in [-0.1, -0.05) is 23.7 Å². The molecule has 8 heteroatoms. The second-order valence-electron chi connectivity index (χ2n) is 5.18. The van der Waals surface area contributed by atoms with Crippen molar-refractivity contribution >= 4 is 38.9 Å². The highest BCUT2D eigenvalue weighted by atomic mass is 35.5. The summed E-state index contributed by atoms with van der Waals surface area (Å²) in [6, 6.07) is 10.4. The Morgan fingerprint density at radius 3 is 2.29 bits per heavy atom. The van der Waals surface area contributed by atoms with Gasteiger partial charge in [-0.2, -0.15) is 0 Å². The van der Waals surface area contributed by atoms with E-state index in [0.29, 0.717) is 10.7 Å². The Morgan fingerprint density at radius 2 is 1.75 bits per heavy atom. The highest BCUT2D eigenvalue weighted by molar-refractivity contribution is 7.92. The van der Waals surface area contributed by atoms with E-state index in [1.165, 1.54) is 19.1 Å². The number of hydrogen-bond donors (Lipinski definition) is 1. The Balaban J connectivity index is 2.31. The number of nitrogens with zero attached hydrogens (tertiary/aromatic N) is 1. The van der Waals surface area contributed by atoms with Gasteiger partial charge in [0, 0.05) is 0 Å². The predicted molar refractivity (Wildman–Crippen MR) is 93.3 cm³/mol. The molecule has 1 atom stereocenters. The number of nitrogens with one attached hydrogen (secondary N) is 1. The molecule has 2 aromatic rings. The van der Waals surface area contributed by atoms with E-state index in [4.69, 9.17) is 11.6 Å². The van der Waals surface area contributed by atoms with Crippen LogP contribution in [0.15, 0.2) is 48.5 Å². The first-order chi connectivity index (χ1) is 11.2. The summed E-state index contributed by atoms with van der Waals surface area (Å²) in [5, 5.41) is 2.93. The van der Waals surface area contributed by atoms with Crippen LogP contribution < -0.4 is 9.62 Å². The SMILES string of the molecule is C[C@@H](C(=O)Nc1ccccc1Cl)N(c1ccc(F)cc1)S(C)(=O)=O. The van der Waals surface area contributed by atoms with Crippen molar-refractivity contribution < 1.29 is 17.6 Å². The maximum atomic E-state index is 13.1. The molecule has 2 aromatic carbocycles. The first-order valence-electron chi connectivity index (χ1n) is 7.00. The van der Waals surface area contributed by atoms with Crippen LogP contribution in [0.1, 0.15) is 6.92 Å². The fourth-order valence-corrected chi connectivity index (χ4v) is 3.55. The predicted octanol–water partition coefficient (Wildman–Crippen LogP) is 3.27. The summed E-state index contributed by atoms with van der Waals surface area (Å²) in [7, 11) is -3.76. The number of carbonyl (C=O) groups is 1. The molecule has 24 heavy (non-hydrogen) atoms. The Hall–Kier alpha value is -2.12. The number of benzene rings is 2. The van der Waals surface area contributed by atoms with Crippen molar-refractivity contribution in [2.75, 3.05) is 15.9 Å². The van der Waals surface area contributed by atoms with E-state index in [-0.39, 0.29) is 5.69 Å². The molecule has 0 heterocycles. The summed E-state index contributed by atoms with van der Waals surface area (Å²) in [5.41, 5.74) is 0.573. The van der Waals surface area contributed by atoms with Crippen LogP contribution in [0, 0.1) is 5.82 Å². The molecule has 0 saturated heterocycles. The summed E-state index contributed by atoms with van der Waals surface area (Å²) in [4.78, 5) is 12.4. The monoisotopic (exact) mass is 370 g/mol. The number of rotatable bonds is 5. The lowest BCUT2D eigenvalue weighted by Crippen LogP contribution is -2.45. The highest BCUT2D eigenvalue weighted by Crippen LogP contribution is 2.24. The Kier molecular flexibility index (Phi) is 5.46. The van der Waals surface area contributed by atoms with Gasteiger partial charge in [-0.25, -0.2) is 12.8 Å². The summed E-state index contributed by atoms with van der Waals surface area (Å²) in [6.45, 7) is 1.44. The zero-order valence-electron chi connectivity index (χ0n) is 13.0. The van der Waals surface area contributed by atoms with Gasteiger partial charge in [0.2, 0.25) is 15.9 Å². The molecule has 0 bridgehead atoms. The van der Waals surface area contributed by atoms with Gasteiger partial charge in [-0.3, -0.25) is 9.10 Å². The molecule has 0 unspecified atom stereocenters. The van der Waals surface area contributed by atoms with Gasteiger partial charge in [0.25, 0.3) is 0 Å². The van der Waals surface area contributed by atoms with E-state index in [1.807, 2.05) is 0 Å². The molecule has 0 aromatic heterocycles. The largest absolute Gasteiger partial charge is 0.323 e. The van der Waals surface area contributed by atoms with Crippen molar-refractivity contribution in [2.24, 2.45) is 0 Å². The van der Waals surface area contributed by atoms with Gasteiger partial charge in [-0.05, 0) is 43.3 Å². The van der Waals surface area contributed by atoms with Gasteiger partial charge in [0.15, 0.2) is 0 Å². The molecule has 1 amide bonds. The van der Waals surface area contributed by atoms with Crippen molar-refractivity contribution in [1.82, 2.24) is 0 Å². The number of anilines is 2. The van der Waals surface area contributed by atoms with Gasteiger partial charge < -0.3 is 5.32 Å². The lowest BCUT2D eigenvalue weighted by molar-refractivity contribution is -0.116. The molecule has 0 aliphatic rings. The van der Waals surface area contributed by atoms with Gasteiger partial charge in [-0.15, -0.1) is 0 Å². The maximum absolute atomic E-state index is 13.1. The van der Waals surface area contributed by atoms with E-state index in [2.05, 4.69) is 5.32 Å². The lowest BCUT2D eigenvalue weighted by atomic mass is 10.2. The molecule has 0 saturated carbocycles. The molecule has 1 N–H and O–H groups in total. The average molecular weight is 371 g/mol. The second-order valence-corrected chi connectivity index (χ2v) is 7.45. The molecule has 2 rings (SSSR count). The smallest absolute Gasteiger partial charge is 0.248 e. The van der Waals surface area contributed by atoms with Crippen LogP contribution in [-0.2, 0) is 14.8 Å². The molecule has 0 fully saturated rings. The van der Waals surface area contributed by atoms with Crippen LogP contribution in [0.3, 0.4) is 0 Å². The molecule has 0 aliphatic heterocycles. The summed E-state index contributed by atoms with van der Waals surface area (Å²) >= 11 is 5.99. The first kappa shape index (κ1) is 18.2. The highest BCUT2D eigenvalue weighted by Gasteiger charge is 2.29. The van der Waals surface area contributed by atoms with E-state index in [0.717, 1.165) is 22.7 Å². The molecular weight excluding hydrogens is 355 g/mol. The normalized spacial score (nSPS) is 12.5. The third-order valence-corrected chi connectivity index (χ3v) is 4.87. The zero-order chi connectivity index (χ0) is 17.9. The van der Waals surface area contributed by atoms with Crippen LogP contribution in [0.25, 0.3) is 0 Å². The molecule has 128 valence electrons. The number of sulfonamides is 1. The van der Waals surface area contributed by atoms with Crippen molar-refractivity contribution in [1.29, 1.82) is 0 Å². The van der Waals surface area contributed by atoms with E-state index >= 15 is 0 Å². The maximum Gasteiger partial charge on any atom is 0.248 e. The van der Waals surface area contributed by atoms with E-state index < -0.39 is 27.8 Å². The van der Waals surface area contributed by atoms with Gasteiger partial charge in [0.1, 0.15) is 11.9 Å². The molecule has 0 radical (unpaired) electrons. The van der Waals surface area contributed by atoms with E-state index in [9.17, 15) is 17.6 Å². The summed E-state index contributed by atoms with van der Waals surface area (Å²) < 4.78 is 38.2. The van der Waals surface area contributed by atoms with Crippen molar-refractivity contribution in [3.05, 3.63) is 59.4 Å². The Bertz CT molecular complexity index is 841. The standard InChI is InChI=1S/C16H16ClFN2O3S/c1-11(16(21)19-15-6-4-3-5-14(15)17)20(24(2,22)23)13-9-7-12(18)8-10-13/h3-11H,1-2H3,(H,19,21)/t11-/m0/s1. The topological polar surface area (TPSA) is 66.5 Å². The number of amides is 1. The van der Waals surface area contributed by atoms with Crippen molar-refractivity contribution in [3.63, 3.8) is 0 Å². The van der Waals surface area contributed by atoms with E-state index in [1.54, 1.807) is 24.3 Å². The minimum absolute atomic E-state index is 0.195. The van der Waals surface area contributed by atoms with Crippen LogP contribution in [0.2, 0.25) is 5.02 Å². The molecule has 0 spiro atoms. The fourth-order valence-electron chi connectivity index (χ4n) is 2.20. The minimum Gasteiger partial charge on any atom is -0.323 e. The van der Waals surface area contributed by atoms with Gasteiger partial charge in [0.05, 0.1) is 22.7 Å². The quantitative estimate of drug-likeness (QED) is 0.878. The minimum atomic E-state index is -3.76. The summed E-state index contributed by atoms with van der Waals surface area (Å²) in [6.07, 6.45) is 0.982. The Labute approximate surface area is 145 Å². The fraction of sp³-hybridized carbons (Fsp3) is 0.188. The van der Waals surface area contributed by atoms with Crippen LogP contribution in [-0.4, -0.2) is 26.6 Å². The van der Waals surface area contributed by atoms with Crippen molar-refractivity contribution in [2.45, 2.75) is 13.0 Å². The van der Waals surface area contributed by atoms with Crippen LogP contribution in [0.4, 0.5) is 15.8 Å². The molecular formula is C16H16ClFN2O3S. The second kappa shape index (κ2) is 7.19. The summed E-state index contributed by atoms with van der Waals surface area (Å²) in [5.74, 6) is -1.06. The van der Waals surface area contributed by atoms with Crippen LogP contribution >= 0.6 is 11.6 Å². The van der Waals surface area contributed by atoms with Crippen molar-refractivity contribution in [3.8, 4) is 0 Å². The molecule has 5 nitrogen and oxygen atoms in total. The number of carbonyl (C=O) groups excluding carboxylic acids is 1. The number of para-hydroxylation sites is 1. The number of hydrogen-bond acceptors (Lipinski definition) is 3. The molecule has 0 aliphatic carbocycles. The van der Waals surface area contributed by atoms with Crippen LogP contribution in [0.5, 0.6) is 0 Å². The van der Waals surface area contributed by atoms with Gasteiger partial charge >= 0.3 is 0 Å². The average Bonchev–Trinajstić information content (AvgIpc) is 2.50. The zero-order valence-corrected chi connectivity index (χ0v) is 14.6. The third kappa shape index (κ3) is 4.24. The lowest BCUT2D eigenvalue weighted by Gasteiger charge is -2.28. The number of halogens is 2.